The van der Waals surface area contributed by atoms with Gasteiger partial charge in [-0.15, -0.1) is 11.3 Å². The van der Waals surface area contributed by atoms with Crippen LogP contribution in [0.15, 0.2) is 39.0 Å². The number of thioether (sulfide) groups is 1. The molecule has 10 heteroatoms. The van der Waals surface area contributed by atoms with Gasteiger partial charge in [0.25, 0.3) is 5.56 Å². The first-order chi connectivity index (χ1) is 14.7. The van der Waals surface area contributed by atoms with Gasteiger partial charge in [-0.3, -0.25) is 13.9 Å². The molecule has 0 aliphatic heterocycles. The van der Waals surface area contributed by atoms with Crippen molar-refractivity contribution in [3.05, 3.63) is 55.5 Å². The van der Waals surface area contributed by atoms with Gasteiger partial charge in [0.2, 0.25) is 0 Å². The van der Waals surface area contributed by atoms with E-state index in [4.69, 9.17) is 0 Å². The highest BCUT2D eigenvalue weighted by molar-refractivity contribution is 7.98. The van der Waals surface area contributed by atoms with Crippen molar-refractivity contribution in [3.63, 3.8) is 0 Å². The van der Waals surface area contributed by atoms with Crippen molar-refractivity contribution in [1.29, 1.82) is 0 Å². The van der Waals surface area contributed by atoms with Crippen LogP contribution in [0.2, 0.25) is 0 Å². The Bertz CT molecular complexity index is 1440. The van der Waals surface area contributed by atoms with E-state index < -0.39 is 17.2 Å². The number of benzene rings is 1. The second kappa shape index (κ2) is 8.01. The number of carboxylic acid groups (broad SMARTS) is 1. The molecule has 3 aromatic heterocycles. The highest BCUT2D eigenvalue weighted by Gasteiger charge is 2.26. The Morgan fingerprint density at radius 2 is 1.94 bits per heavy atom. The number of rotatable bonds is 6. The lowest BCUT2D eigenvalue weighted by molar-refractivity contribution is 0.0698. The molecule has 3 heterocycles. The molecule has 0 amide bonds. The van der Waals surface area contributed by atoms with Crippen LogP contribution in [0.3, 0.4) is 0 Å². The van der Waals surface area contributed by atoms with Gasteiger partial charge in [0.15, 0.2) is 5.16 Å². The Hall–Kier alpha value is -2.85. The van der Waals surface area contributed by atoms with Crippen molar-refractivity contribution in [2.45, 2.75) is 32.1 Å². The fourth-order valence-electron chi connectivity index (χ4n) is 3.75. The summed E-state index contributed by atoms with van der Waals surface area (Å²) in [6.45, 7) is 4.58. The van der Waals surface area contributed by atoms with Crippen molar-refractivity contribution in [2.24, 2.45) is 13.0 Å². The fraction of sp³-hybridized carbons (Fsp3) is 0.333. The minimum absolute atomic E-state index is 0.0389. The number of aromatic carboxylic acids is 1. The second-order valence-electron chi connectivity index (χ2n) is 7.71. The zero-order valence-electron chi connectivity index (χ0n) is 17.6. The first-order valence-electron chi connectivity index (χ1n) is 9.72. The van der Waals surface area contributed by atoms with Gasteiger partial charge < -0.3 is 9.67 Å². The van der Waals surface area contributed by atoms with E-state index in [0.717, 1.165) is 20.8 Å². The molecular weight excluding hydrogens is 436 g/mol. The molecule has 1 N–H and O–H groups in total. The smallest absolute Gasteiger partial charge is 0.337 e. The summed E-state index contributed by atoms with van der Waals surface area (Å²) in [6, 6.07) is 7.65. The summed E-state index contributed by atoms with van der Waals surface area (Å²) in [7, 11) is 1.39. The average Bonchev–Trinajstić information content (AvgIpc) is 3.28. The summed E-state index contributed by atoms with van der Waals surface area (Å²) < 4.78 is 4.46. The molecule has 1 aromatic carbocycles. The maximum atomic E-state index is 12.9. The average molecular weight is 459 g/mol. The molecule has 0 bridgehead atoms. The van der Waals surface area contributed by atoms with Crippen LogP contribution < -0.4 is 11.2 Å². The predicted molar refractivity (Wildman–Crippen MR) is 124 cm³/mol. The maximum Gasteiger partial charge on any atom is 0.337 e. The molecule has 0 atom stereocenters. The number of hydrogen-bond donors (Lipinski definition) is 1. The van der Waals surface area contributed by atoms with E-state index in [1.54, 1.807) is 0 Å². The van der Waals surface area contributed by atoms with Crippen molar-refractivity contribution in [3.8, 4) is 0 Å². The van der Waals surface area contributed by atoms with Crippen LogP contribution in [0.1, 0.15) is 29.1 Å². The monoisotopic (exact) mass is 458 g/mol. The summed E-state index contributed by atoms with van der Waals surface area (Å²) in [5.74, 6) is -1.03. The predicted octanol–water partition coefficient (Wildman–Crippen LogP) is 3.24. The van der Waals surface area contributed by atoms with Gasteiger partial charge in [0.05, 0.1) is 28.5 Å². The summed E-state index contributed by atoms with van der Waals surface area (Å²) in [5, 5.41) is 10.9. The topological polar surface area (TPSA) is 99.1 Å². The first-order valence-corrected chi connectivity index (χ1v) is 11.8. The molecule has 4 aromatic rings. The van der Waals surface area contributed by atoms with Crippen LogP contribution in [0.25, 0.3) is 21.3 Å². The molecule has 31 heavy (non-hydrogen) atoms. The molecule has 0 fully saturated rings. The van der Waals surface area contributed by atoms with E-state index >= 15 is 0 Å². The lowest BCUT2D eigenvalue weighted by Crippen LogP contribution is -2.38. The zero-order chi connectivity index (χ0) is 22.4. The minimum atomic E-state index is -1.18. The Balaban J connectivity index is 2.03. The van der Waals surface area contributed by atoms with Gasteiger partial charge in [0, 0.05) is 18.5 Å². The summed E-state index contributed by atoms with van der Waals surface area (Å²) in [4.78, 5) is 43.5. The maximum absolute atomic E-state index is 12.9. The number of fused-ring (bicyclic) bond motifs is 2. The third kappa shape index (κ3) is 3.49. The molecule has 0 aliphatic rings. The molecule has 4 rings (SSSR count). The third-order valence-corrected chi connectivity index (χ3v) is 6.98. The number of aromatic nitrogens is 4. The van der Waals surface area contributed by atoms with E-state index in [1.165, 1.54) is 34.7 Å². The number of carbonyl (C=O) groups is 1. The highest BCUT2D eigenvalue weighted by atomic mass is 32.2. The van der Waals surface area contributed by atoms with Gasteiger partial charge in [-0.05, 0) is 24.3 Å². The number of nitrogens with zero attached hydrogens (tertiary/aromatic N) is 4. The number of carboxylic acids is 1. The van der Waals surface area contributed by atoms with Crippen molar-refractivity contribution < 1.29 is 9.90 Å². The van der Waals surface area contributed by atoms with Gasteiger partial charge in [0.1, 0.15) is 4.83 Å². The van der Waals surface area contributed by atoms with Crippen LogP contribution >= 0.6 is 23.1 Å². The standard InChI is InChI=1S/C21H22N4O4S2/c1-11(2)9-25-18-16(17(26)23(3)21(25)29)15(19(27)28)14(31-18)10-24-13-8-6-5-7-12(13)22-20(24)30-4/h5-8,11H,9-10H2,1-4H3,(H,27,28). The van der Waals surface area contributed by atoms with E-state index in [2.05, 4.69) is 4.98 Å². The quantitative estimate of drug-likeness (QED) is 0.446. The number of thiophene rings is 1. The van der Waals surface area contributed by atoms with Crippen LogP contribution in [-0.4, -0.2) is 36.0 Å². The SMILES string of the molecule is CSc1nc2ccccc2n1Cc1sc2c(c1C(=O)O)c(=O)n(C)c(=O)n2CC(C)C. The second-order valence-corrected chi connectivity index (χ2v) is 9.57. The fourth-order valence-corrected chi connectivity index (χ4v) is 5.59. The van der Waals surface area contributed by atoms with Gasteiger partial charge >= 0.3 is 11.7 Å². The van der Waals surface area contributed by atoms with Crippen LogP contribution in [0.4, 0.5) is 0 Å². The van der Waals surface area contributed by atoms with Crippen LogP contribution in [0, 0.1) is 5.92 Å². The highest BCUT2D eigenvalue weighted by Crippen LogP contribution is 2.32. The molecule has 0 spiro atoms. The molecule has 0 saturated heterocycles. The van der Waals surface area contributed by atoms with Gasteiger partial charge in [-0.25, -0.2) is 14.6 Å². The summed E-state index contributed by atoms with van der Waals surface area (Å²) >= 11 is 2.66. The number of para-hydroxylation sites is 2. The normalized spacial score (nSPS) is 11.8. The lowest BCUT2D eigenvalue weighted by Gasteiger charge is -2.11. The van der Waals surface area contributed by atoms with Crippen LogP contribution in [-0.2, 0) is 20.1 Å². The Kier molecular flexibility index (Phi) is 5.52. The van der Waals surface area contributed by atoms with Crippen molar-refractivity contribution in [2.75, 3.05) is 6.26 Å². The molecule has 162 valence electrons. The Morgan fingerprint density at radius 1 is 1.23 bits per heavy atom. The van der Waals surface area contributed by atoms with Crippen molar-refractivity contribution >= 4 is 50.3 Å². The molecule has 8 nitrogen and oxygen atoms in total. The van der Waals surface area contributed by atoms with E-state index in [1.807, 2.05) is 48.9 Å². The van der Waals surface area contributed by atoms with E-state index in [0.29, 0.717) is 16.3 Å². The first kappa shape index (κ1) is 21.4. The van der Waals surface area contributed by atoms with Crippen molar-refractivity contribution in [1.82, 2.24) is 18.7 Å². The van der Waals surface area contributed by atoms with Crippen LogP contribution in [0.5, 0.6) is 0 Å². The van der Waals surface area contributed by atoms with Gasteiger partial charge in [-0.2, -0.15) is 0 Å². The minimum Gasteiger partial charge on any atom is -0.478 e. The number of imidazole rings is 1. The summed E-state index contributed by atoms with van der Waals surface area (Å²) in [6.07, 6.45) is 1.91. The Labute approximate surface area is 185 Å². The van der Waals surface area contributed by atoms with E-state index in [-0.39, 0.29) is 23.4 Å². The van der Waals surface area contributed by atoms with Gasteiger partial charge in [-0.1, -0.05) is 37.7 Å². The molecular formula is C21H22N4O4S2. The summed E-state index contributed by atoms with van der Waals surface area (Å²) in [5.41, 5.74) is 0.642. The zero-order valence-corrected chi connectivity index (χ0v) is 19.2. The molecule has 0 unspecified atom stereocenters. The number of hydrogen-bond acceptors (Lipinski definition) is 6. The Morgan fingerprint density at radius 3 is 2.58 bits per heavy atom. The molecule has 0 saturated carbocycles. The molecule has 0 aliphatic carbocycles. The van der Waals surface area contributed by atoms with E-state index in [9.17, 15) is 19.5 Å². The molecule has 0 radical (unpaired) electrons. The lowest BCUT2D eigenvalue weighted by atomic mass is 10.1. The third-order valence-electron chi connectivity index (χ3n) is 5.11. The largest absolute Gasteiger partial charge is 0.478 e.